The fourth-order valence-electron chi connectivity index (χ4n) is 1.94. The molecule has 0 spiro atoms. The minimum absolute atomic E-state index is 0.119. The van der Waals surface area contributed by atoms with Crippen molar-refractivity contribution in [3.63, 3.8) is 0 Å². The zero-order valence-corrected chi connectivity index (χ0v) is 13.3. The van der Waals surface area contributed by atoms with Gasteiger partial charge in [-0.25, -0.2) is 12.8 Å². The lowest BCUT2D eigenvalue weighted by Gasteiger charge is -2.13. The maximum absolute atomic E-state index is 13.1. The van der Waals surface area contributed by atoms with Gasteiger partial charge in [-0.1, -0.05) is 13.0 Å². The summed E-state index contributed by atoms with van der Waals surface area (Å²) in [6.07, 6.45) is 1.48. The number of rotatable bonds is 7. The minimum Gasteiger partial charge on any atom is -0.467 e. The molecule has 0 saturated heterocycles. The van der Waals surface area contributed by atoms with E-state index in [0.29, 0.717) is 5.76 Å². The Balaban J connectivity index is 1.89. The third-order valence-electron chi connectivity index (χ3n) is 3.03. The van der Waals surface area contributed by atoms with Crippen LogP contribution in [-0.4, -0.2) is 20.1 Å². The zero-order chi connectivity index (χ0) is 16.9. The molecule has 1 aromatic carbocycles. The van der Waals surface area contributed by atoms with E-state index in [1.54, 1.807) is 12.1 Å². The summed E-state index contributed by atoms with van der Waals surface area (Å²) < 4.78 is 44.4. The van der Waals surface area contributed by atoms with E-state index >= 15 is 0 Å². The standard InChI is InChI=1S/C15H17FN2O4S/c1-11(15(19)17-9-14-6-3-7-22-14)10-23(20,21)18-13-5-2-4-12(16)8-13/h2-8,11,18H,9-10H2,1H3,(H,17,19). The summed E-state index contributed by atoms with van der Waals surface area (Å²) >= 11 is 0. The van der Waals surface area contributed by atoms with E-state index in [1.165, 1.54) is 31.4 Å². The van der Waals surface area contributed by atoms with Crippen LogP contribution in [0.15, 0.2) is 47.1 Å². The Hall–Kier alpha value is -2.35. The SMILES string of the molecule is CC(CS(=O)(=O)Nc1cccc(F)c1)C(=O)NCc1ccco1. The van der Waals surface area contributed by atoms with Gasteiger partial charge >= 0.3 is 0 Å². The molecule has 0 saturated carbocycles. The second-order valence-electron chi connectivity index (χ2n) is 5.09. The lowest BCUT2D eigenvalue weighted by atomic mass is 10.2. The van der Waals surface area contributed by atoms with Gasteiger partial charge in [0.2, 0.25) is 15.9 Å². The second kappa shape index (κ2) is 7.28. The number of benzene rings is 1. The molecule has 2 aromatic rings. The summed E-state index contributed by atoms with van der Waals surface area (Å²) in [5.74, 6) is -1.56. The topological polar surface area (TPSA) is 88.4 Å². The molecule has 0 radical (unpaired) electrons. The van der Waals surface area contributed by atoms with Crippen LogP contribution in [0.3, 0.4) is 0 Å². The minimum atomic E-state index is -3.77. The van der Waals surface area contributed by atoms with Gasteiger partial charge in [-0.3, -0.25) is 9.52 Å². The Morgan fingerprint density at radius 3 is 2.74 bits per heavy atom. The highest BCUT2D eigenvalue weighted by atomic mass is 32.2. The Morgan fingerprint density at radius 1 is 1.30 bits per heavy atom. The van der Waals surface area contributed by atoms with Crippen molar-refractivity contribution in [3.05, 3.63) is 54.2 Å². The molecule has 0 bridgehead atoms. The van der Waals surface area contributed by atoms with Crippen LogP contribution in [-0.2, 0) is 21.4 Å². The maximum Gasteiger partial charge on any atom is 0.233 e. The molecule has 1 atom stereocenters. The molecule has 0 fully saturated rings. The first-order chi connectivity index (χ1) is 10.9. The number of anilines is 1. The van der Waals surface area contributed by atoms with Gasteiger partial charge in [0.1, 0.15) is 11.6 Å². The van der Waals surface area contributed by atoms with Crippen LogP contribution in [0.25, 0.3) is 0 Å². The fourth-order valence-corrected chi connectivity index (χ4v) is 3.32. The highest BCUT2D eigenvalue weighted by Gasteiger charge is 2.21. The van der Waals surface area contributed by atoms with Gasteiger partial charge in [0, 0.05) is 0 Å². The van der Waals surface area contributed by atoms with E-state index in [0.717, 1.165) is 6.07 Å². The smallest absolute Gasteiger partial charge is 0.233 e. The predicted molar refractivity (Wildman–Crippen MR) is 83.5 cm³/mol. The van der Waals surface area contributed by atoms with E-state index < -0.39 is 33.4 Å². The molecule has 1 aromatic heterocycles. The first-order valence-electron chi connectivity index (χ1n) is 6.92. The van der Waals surface area contributed by atoms with Crippen molar-refractivity contribution in [2.75, 3.05) is 10.5 Å². The van der Waals surface area contributed by atoms with Crippen LogP contribution >= 0.6 is 0 Å². The molecular formula is C15H17FN2O4S. The van der Waals surface area contributed by atoms with Crippen LogP contribution in [0.4, 0.5) is 10.1 Å². The summed E-state index contributed by atoms with van der Waals surface area (Å²) in [6.45, 7) is 1.69. The second-order valence-corrected chi connectivity index (χ2v) is 6.86. The largest absolute Gasteiger partial charge is 0.467 e. The summed E-state index contributed by atoms with van der Waals surface area (Å²) in [7, 11) is -3.77. The fraction of sp³-hybridized carbons (Fsp3) is 0.267. The van der Waals surface area contributed by atoms with E-state index in [1.807, 2.05) is 0 Å². The summed E-state index contributed by atoms with van der Waals surface area (Å²) in [4.78, 5) is 11.9. The van der Waals surface area contributed by atoms with Gasteiger partial charge in [-0.05, 0) is 30.3 Å². The summed E-state index contributed by atoms with van der Waals surface area (Å²) in [5.41, 5.74) is 0.119. The molecule has 0 aliphatic heterocycles. The van der Waals surface area contributed by atoms with E-state index in [4.69, 9.17) is 4.42 Å². The number of nitrogens with one attached hydrogen (secondary N) is 2. The Labute approximate surface area is 133 Å². The molecule has 0 aliphatic carbocycles. The van der Waals surface area contributed by atoms with Gasteiger partial charge in [-0.15, -0.1) is 0 Å². The molecule has 2 rings (SSSR count). The molecule has 1 heterocycles. The predicted octanol–water partition coefficient (Wildman–Crippen LogP) is 2.11. The summed E-state index contributed by atoms with van der Waals surface area (Å²) in [6, 6.07) is 8.50. The van der Waals surface area contributed by atoms with Gasteiger partial charge in [-0.2, -0.15) is 0 Å². The zero-order valence-electron chi connectivity index (χ0n) is 12.5. The Morgan fingerprint density at radius 2 is 2.09 bits per heavy atom. The highest BCUT2D eigenvalue weighted by Crippen LogP contribution is 2.13. The number of halogens is 1. The van der Waals surface area contributed by atoms with Crippen molar-refractivity contribution in [1.82, 2.24) is 5.32 Å². The Bertz CT molecular complexity index is 760. The number of carbonyl (C=O) groups excluding carboxylic acids is 1. The molecule has 23 heavy (non-hydrogen) atoms. The van der Waals surface area contributed by atoms with Crippen LogP contribution < -0.4 is 10.0 Å². The number of amides is 1. The normalized spacial score (nSPS) is 12.6. The highest BCUT2D eigenvalue weighted by molar-refractivity contribution is 7.92. The lowest BCUT2D eigenvalue weighted by molar-refractivity contribution is -0.124. The maximum atomic E-state index is 13.1. The average Bonchev–Trinajstić information content (AvgIpc) is 2.96. The average molecular weight is 340 g/mol. The van der Waals surface area contributed by atoms with Crippen LogP contribution in [0.1, 0.15) is 12.7 Å². The number of carbonyl (C=O) groups is 1. The first-order valence-corrected chi connectivity index (χ1v) is 8.57. The Kier molecular flexibility index (Phi) is 5.38. The molecular weight excluding hydrogens is 323 g/mol. The quantitative estimate of drug-likeness (QED) is 0.808. The molecule has 2 N–H and O–H groups in total. The molecule has 6 nitrogen and oxygen atoms in total. The van der Waals surface area contributed by atoms with Crippen LogP contribution in [0.2, 0.25) is 0 Å². The van der Waals surface area contributed by atoms with Gasteiger partial charge in [0.15, 0.2) is 0 Å². The molecule has 1 amide bonds. The van der Waals surface area contributed by atoms with Crippen molar-refractivity contribution >= 4 is 21.6 Å². The van der Waals surface area contributed by atoms with Gasteiger partial charge in [0.05, 0.1) is 30.2 Å². The molecule has 124 valence electrons. The van der Waals surface area contributed by atoms with Crippen molar-refractivity contribution in [3.8, 4) is 0 Å². The number of hydrogen-bond acceptors (Lipinski definition) is 4. The molecule has 8 heteroatoms. The van der Waals surface area contributed by atoms with Crippen molar-refractivity contribution in [1.29, 1.82) is 0 Å². The van der Waals surface area contributed by atoms with Crippen LogP contribution in [0, 0.1) is 11.7 Å². The third kappa shape index (κ3) is 5.41. The number of hydrogen-bond donors (Lipinski definition) is 2. The van der Waals surface area contributed by atoms with E-state index in [9.17, 15) is 17.6 Å². The van der Waals surface area contributed by atoms with Crippen molar-refractivity contribution in [2.45, 2.75) is 13.5 Å². The van der Waals surface area contributed by atoms with Crippen molar-refractivity contribution in [2.24, 2.45) is 5.92 Å². The first kappa shape index (κ1) is 17.0. The van der Waals surface area contributed by atoms with E-state index in [-0.39, 0.29) is 12.2 Å². The molecule has 0 aliphatic rings. The third-order valence-corrected chi connectivity index (χ3v) is 4.52. The number of furan rings is 1. The molecule has 1 unspecified atom stereocenters. The lowest BCUT2D eigenvalue weighted by Crippen LogP contribution is -2.34. The monoisotopic (exact) mass is 340 g/mol. The van der Waals surface area contributed by atoms with Gasteiger partial charge in [0.25, 0.3) is 0 Å². The number of sulfonamides is 1. The van der Waals surface area contributed by atoms with Crippen LogP contribution in [0.5, 0.6) is 0 Å². The summed E-state index contributed by atoms with van der Waals surface area (Å²) in [5, 5.41) is 2.60. The van der Waals surface area contributed by atoms with Gasteiger partial charge < -0.3 is 9.73 Å². The van der Waals surface area contributed by atoms with E-state index in [2.05, 4.69) is 10.0 Å². The van der Waals surface area contributed by atoms with Crippen molar-refractivity contribution < 1.29 is 22.0 Å².